The number of carbonyl (C=O) groups is 1. The van der Waals surface area contributed by atoms with E-state index >= 15 is 0 Å². The Bertz CT molecular complexity index is 194. The number of carboxylic acids is 1. The average Bonchev–Trinajstić information content (AvgIpc) is 2.32. The Morgan fingerprint density at radius 2 is 2.00 bits per heavy atom. The van der Waals surface area contributed by atoms with E-state index in [2.05, 4.69) is 27.7 Å². The largest absolute Gasteiger partial charge is 0.481 e. The molecule has 1 rings (SSSR count). The fourth-order valence-corrected chi connectivity index (χ4v) is 2.18. The van der Waals surface area contributed by atoms with Crippen molar-refractivity contribution in [1.29, 1.82) is 0 Å². The van der Waals surface area contributed by atoms with Gasteiger partial charge >= 0.3 is 5.97 Å². The Kier molecular flexibility index (Phi) is 2.19. The summed E-state index contributed by atoms with van der Waals surface area (Å²) in [6, 6.07) is 0. The lowest BCUT2D eigenvalue weighted by Crippen LogP contribution is -2.03. The van der Waals surface area contributed by atoms with Crippen molar-refractivity contribution in [2.75, 3.05) is 0 Å². The summed E-state index contributed by atoms with van der Waals surface area (Å²) in [5.74, 6) is 0.291. The van der Waals surface area contributed by atoms with E-state index in [0.717, 1.165) is 6.42 Å². The molecule has 2 atom stereocenters. The second-order valence-corrected chi connectivity index (χ2v) is 4.87. The lowest BCUT2D eigenvalue weighted by atomic mass is 10.0. The van der Waals surface area contributed by atoms with Crippen molar-refractivity contribution in [2.24, 2.45) is 23.2 Å². The zero-order valence-electron chi connectivity index (χ0n) is 8.29. The molecule has 0 saturated heterocycles. The SMILES string of the molecule is CC(C)C[C@@H]1[C@H](C(=O)O)C1(C)C. The van der Waals surface area contributed by atoms with E-state index in [1.807, 2.05) is 0 Å². The van der Waals surface area contributed by atoms with Crippen molar-refractivity contribution in [3.63, 3.8) is 0 Å². The minimum absolute atomic E-state index is 0.0378. The van der Waals surface area contributed by atoms with Gasteiger partial charge in [-0.1, -0.05) is 27.7 Å². The first kappa shape index (κ1) is 9.56. The van der Waals surface area contributed by atoms with Crippen LogP contribution in [0.15, 0.2) is 0 Å². The Morgan fingerprint density at radius 3 is 2.25 bits per heavy atom. The van der Waals surface area contributed by atoms with Crippen LogP contribution in [0.1, 0.15) is 34.1 Å². The summed E-state index contributed by atoms with van der Waals surface area (Å²) in [6.45, 7) is 8.40. The maximum absolute atomic E-state index is 10.8. The topological polar surface area (TPSA) is 37.3 Å². The predicted octanol–water partition coefficient (Wildman–Crippen LogP) is 2.39. The first-order chi connectivity index (χ1) is 5.37. The fraction of sp³-hybridized carbons (Fsp3) is 0.900. The summed E-state index contributed by atoms with van der Waals surface area (Å²) in [5.41, 5.74) is 0.0378. The molecule has 1 aliphatic rings. The van der Waals surface area contributed by atoms with Gasteiger partial charge in [0.05, 0.1) is 5.92 Å². The molecule has 1 aliphatic carbocycles. The molecule has 0 aromatic heterocycles. The minimum Gasteiger partial charge on any atom is -0.481 e. The van der Waals surface area contributed by atoms with E-state index in [1.54, 1.807) is 0 Å². The van der Waals surface area contributed by atoms with Crippen LogP contribution in [0.2, 0.25) is 0 Å². The zero-order valence-corrected chi connectivity index (χ0v) is 8.29. The van der Waals surface area contributed by atoms with Gasteiger partial charge in [0.1, 0.15) is 0 Å². The van der Waals surface area contributed by atoms with Gasteiger partial charge in [-0.3, -0.25) is 4.79 Å². The third-order valence-corrected chi connectivity index (χ3v) is 3.04. The number of aliphatic carboxylic acids is 1. The first-order valence-corrected chi connectivity index (χ1v) is 4.60. The van der Waals surface area contributed by atoms with Crippen LogP contribution in [0, 0.1) is 23.2 Å². The molecule has 12 heavy (non-hydrogen) atoms. The summed E-state index contributed by atoms with van der Waals surface area (Å²) >= 11 is 0. The van der Waals surface area contributed by atoms with E-state index in [9.17, 15) is 4.79 Å². The van der Waals surface area contributed by atoms with Gasteiger partial charge in [-0.05, 0) is 23.7 Å². The smallest absolute Gasteiger partial charge is 0.307 e. The van der Waals surface area contributed by atoms with E-state index in [4.69, 9.17) is 5.11 Å². The molecule has 0 unspecified atom stereocenters. The monoisotopic (exact) mass is 170 g/mol. The Balaban J connectivity index is 2.54. The molecule has 0 bridgehead atoms. The number of rotatable bonds is 3. The van der Waals surface area contributed by atoms with Gasteiger partial charge in [0, 0.05) is 0 Å². The van der Waals surface area contributed by atoms with E-state index < -0.39 is 5.97 Å². The molecule has 1 fully saturated rings. The molecule has 2 nitrogen and oxygen atoms in total. The van der Waals surface area contributed by atoms with Crippen LogP contribution in [0.4, 0.5) is 0 Å². The van der Waals surface area contributed by atoms with Gasteiger partial charge in [-0.2, -0.15) is 0 Å². The maximum Gasteiger partial charge on any atom is 0.307 e. The van der Waals surface area contributed by atoms with Gasteiger partial charge < -0.3 is 5.11 Å². The Morgan fingerprint density at radius 1 is 1.50 bits per heavy atom. The van der Waals surface area contributed by atoms with Gasteiger partial charge in [0.15, 0.2) is 0 Å². The van der Waals surface area contributed by atoms with Gasteiger partial charge in [-0.15, -0.1) is 0 Å². The molecule has 0 radical (unpaired) electrons. The Labute approximate surface area is 74.0 Å². The predicted molar refractivity (Wildman–Crippen MR) is 47.9 cm³/mol. The standard InChI is InChI=1S/C10H18O2/c1-6(2)5-7-8(9(11)12)10(7,3)4/h6-8H,5H2,1-4H3,(H,11,12)/t7-,8-/m1/s1. The third kappa shape index (κ3) is 1.47. The zero-order chi connectivity index (χ0) is 9.52. The van der Waals surface area contributed by atoms with E-state index in [0.29, 0.717) is 11.8 Å². The second kappa shape index (κ2) is 2.75. The van der Waals surface area contributed by atoms with Gasteiger partial charge in [0.2, 0.25) is 0 Å². The lowest BCUT2D eigenvalue weighted by Gasteiger charge is -2.04. The van der Waals surface area contributed by atoms with E-state index in [1.165, 1.54) is 0 Å². The van der Waals surface area contributed by atoms with Crippen molar-refractivity contribution in [2.45, 2.75) is 34.1 Å². The molecule has 0 aromatic rings. The molecule has 0 heterocycles. The van der Waals surface area contributed by atoms with Crippen molar-refractivity contribution in [1.82, 2.24) is 0 Å². The Hall–Kier alpha value is -0.530. The third-order valence-electron chi connectivity index (χ3n) is 3.04. The van der Waals surface area contributed by atoms with E-state index in [-0.39, 0.29) is 11.3 Å². The summed E-state index contributed by atoms with van der Waals surface area (Å²) in [6.07, 6.45) is 1.05. The van der Waals surface area contributed by atoms with Crippen LogP contribution >= 0.6 is 0 Å². The minimum atomic E-state index is -0.620. The highest BCUT2D eigenvalue weighted by molar-refractivity contribution is 5.75. The van der Waals surface area contributed by atoms with Crippen molar-refractivity contribution < 1.29 is 9.90 Å². The molecule has 0 aromatic carbocycles. The average molecular weight is 170 g/mol. The lowest BCUT2D eigenvalue weighted by molar-refractivity contribution is -0.139. The van der Waals surface area contributed by atoms with Crippen LogP contribution in [0.25, 0.3) is 0 Å². The fourth-order valence-electron chi connectivity index (χ4n) is 2.18. The van der Waals surface area contributed by atoms with Crippen LogP contribution in [0.3, 0.4) is 0 Å². The maximum atomic E-state index is 10.8. The highest BCUT2D eigenvalue weighted by atomic mass is 16.4. The first-order valence-electron chi connectivity index (χ1n) is 4.60. The highest BCUT2D eigenvalue weighted by Gasteiger charge is 2.61. The molecular weight excluding hydrogens is 152 g/mol. The van der Waals surface area contributed by atoms with Crippen molar-refractivity contribution >= 4 is 5.97 Å². The molecule has 1 saturated carbocycles. The second-order valence-electron chi connectivity index (χ2n) is 4.87. The van der Waals surface area contributed by atoms with Gasteiger partial charge in [-0.25, -0.2) is 0 Å². The summed E-state index contributed by atoms with van der Waals surface area (Å²) < 4.78 is 0. The molecule has 2 heteroatoms. The van der Waals surface area contributed by atoms with Crippen LogP contribution < -0.4 is 0 Å². The highest BCUT2D eigenvalue weighted by Crippen LogP contribution is 2.60. The quantitative estimate of drug-likeness (QED) is 0.706. The molecule has 0 amide bonds. The molecular formula is C10H18O2. The van der Waals surface area contributed by atoms with Gasteiger partial charge in [0.25, 0.3) is 0 Å². The van der Waals surface area contributed by atoms with Crippen LogP contribution in [0.5, 0.6) is 0 Å². The molecule has 1 N–H and O–H groups in total. The molecule has 0 aliphatic heterocycles. The van der Waals surface area contributed by atoms with Crippen molar-refractivity contribution in [3.8, 4) is 0 Å². The van der Waals surface area contributed by atoms with Crippen LogP contribution in [-0.2, 0) is 4.79 Å². The summed E-state index contributed by atoms with van der Waals surface area (Å²) in [5, 5.41) is 8.87. The number of hydrogen-bond acceptors (Lipinski definition) is 1. The van der Waals surface area contributed by atoms with Crippen LogP contribution in [-0.4, -0.2) is 11.1 Å². The number of carboxylic acid groups (broad SMARTS) is 1. The normalized spacial score (nSPS) is 32.1. The summed E-state index contributed by atoms with van der Waals surface area (Å²) in [4.78, 5) is 10.8. The molecule has 0 spiro atoms. The summed E-state index contributed by atoms with van der Waals surface area (Å²) in [7, 11) is 0. The van der Waals surface area contributed by atoms with Crippen molar-refractivity contribution in [3.05, 3.63) is 0 Å². The molecule has 70 valence electrons. The number of hydrogen-bond donors (Lipinski definition) is 1.